The molecular formula is C28H30F3N3O4. The van der Waals surface area contributed by atoms with Crippen molar-refractivity contribution in [3.05, 3.63) is 83.2 Å². The number of alkyl halides is 3. The third-order valence-corrected chi connectivity index (χ3v) is 5.85. The fourth-order valence-electron chi connectivity index (χ4n) is 4.02. The number of halogens is 3. The number of esters is 1. The van der Waals surface area contributed by atoms with Crippen molar-refractivity contribution in [2.45, 2.75) is 45.5 Å². The van der Waals surface area contributed by atoms with E-state index >= 15 is 0 Å². The van der Waals surface area contributed by atoms with Crippen LogP contribution in [0, 0.1) is 0 Å². The molecule has 0 aliphatic carbocycles. The van der Waals surface area contributed by atoms with Crippen LogP contribution in [-0.4, -0.2) is 30.7 Å². The zero-order valence-electron chi connectivity index (χ0n) is 21.4. The van der Waals surface area contributed by atoms with E-state index in [0.29, 0.717) is 28.9 Å². The molecule has 0 aliphatic rings. The van der Waals surface area contributed by atoms with Crippen molar-refractivity contribution < 1.29 is 32.2 Å². The molecule has 2 aromatic carbocycles. The molecule has 3 rings (SSSR count). The van der Waals surface area contributed by atoms with Gasteiger partial charge in [-0.25, -0.2) is 4.79 Å². The summed E-state index contributed by atoms with van der Waals surface area (Å²) >= 11 is 0. The Hall–Kier alpha value is -4.08. The Bertz CT molecular complexity index is 1250. The molecule has 0 fully saturated rings. The largest absolute Gasteiger partial charge is 0.496 e. The topological polar surface area (TPSA) is 89.5 Å². The first-order chi connectivity index (χ1) is 18.2. The van der Waals surface area contributed by atoms with Gasteiger partial charge in [-0.1, -0.05) is 25.1 Å². The molecule has 0 spiro atoms. The number of pyridine rings is 1. The zero-order valence-corrected chi connectivity index (χ0v) is 21.4. The minimum absolute atomic E-state index is 0.00694. The summed E-state index contributed by atoms with van der Waals surface area (Å²) in [4.78, 5) is 28.7. The fourth-order valence-corrected chi connectivity index (χ4v) is 4.02. The lowest BCUT2D eigenvalue weighted by Crippen LogP contribution is -2.37. The molecule has 10 heteroatoms. The molecule has 1 heterocycles. The van der Waals surface area contributed by atoms with Crippen molar-refractivity contribution in [2.24, 2.45) is 0 Å². The van der Waals surface area contributed by atoms with E-state index in [1.807, 2.05) is 0 Å². The Balaban J connectivity index is 2.00. The molecule has 1 unspecified atom stereocenters. The van der Waals surface area contributed by atoms with E-state index in [9.17, 15) is 22.8 Å². The first-order valence-corrected chi connectivity index (χ1v) is 12.1. The maximum atomic E-state index is 13.7. The Morgan fingerprint density at radius 3 is 2.45 bits per heavy atom. The van der Waals surface area contributed by atoms with Crippen molar-refractivity contribution in [1.82, 2.24) is 15.6 Å². The molecule has 202 valence electrons. The molecule has 0 aliphatic heterocycles. The van der Waals surface area contributed by atoms with Gasteiger partial charge in [-0.05, 0) is 65.9 Å². The summed E-state index contributed by atoms with van der Waals surface area (Å²) < 4.78 is 51.6. The van der Waals surface area contributed by atoms with Gasteiger partial charge in [0, 0.05) is 24.5 Å². The number of carbonyl (C=O) groups excluding carboxylic acids is 2. The summed E-state index contributed by atoms with van der Waals surface area (Å²) in [5.74, 6) is -0.0100. The number of carbonyl (C=O) groups is 2. The van der Waals surface area contributed by atoms with E-state index in [2.05, 4.69) is 15.6 Å². The van der Waals surface area contributed by atoms with Crippen LogP contribution >= 0.6 is 0 Å². The number of urea groups is 1. The predicted molar refractivity (Wildman–Crippen MR) is 136 cm³/mol. The second-order valence-electron chi connectivity index (χ2n) is 8.47. The maximum absolute atomic E-state index is 13.7. The summed E-state index contributed by atoms with van der Waals surface area (Å²) in [5, 5.41) is 5.50. The molecule has 3 aromatic rings. The van der Waals surface area contributed by atoms with Gasteiger partial charge in [0.1, 0.15) is 5.75 Å². The summed E-state index contributed by atoms with van der Waals surface area (Å²) in [6.07, 6.45) is -1.05. The molecule has 0 saturated carbocycles. The van der Waals surface area contributed by atoms with Crippen LogP contribution in [0.2, 0.25) is 0 Å². The first kappa shape index (κ1) is 28.5. The monoisotopic (exact) mass is 529 g/mol. The van der Waals surface area contributed by atoms with E-state index in [-0.39, 0.29) is 25.1 Å². The van der Waals surface area contributed by atoms with Gasteiger partial charge in [-0.15, -0.1) is 0 Å². The van der Waals surface area contributed by atoms with Crippen LogP contribution in [0.15, 0.2) is 60.9 Å². The van der Waals surface area contributed by atoms with Crippen LogP contribution < -0.4 is 15.4 Å². The van der Waals surface area contributed by atoms with Gasteiger partial charge in [0.25, 0.3) is 0 Å². The minimum Gasteiger partial charge on any atom is -0.496 e. The Morgan fingerprint density at radius 2 is 1.82 bits per heavy atom. The van der Waals surface area contributed by atoms with Crippen molar-refractivity contribution in [3.63, 3.8) is 0 Å². The standard InChI is InChI=1S/C28H30F3N3O4/c1-4-24(34-27(36)33-17-19-7-6-12-32-16-19)22-15-20(28(29,30)31)9-10-21(22)23-13-18(8-11-25(23)37-3)14-26(35)38-5-2/h6-13,15-16,24H,4-5,14,17H2,1-3H3,(H2,33,34,36). The Labute approximate surface area is 219 Å². The molecule has 0 radical (unpaired) electrons. The van der Waals surface area contributed by atoms with E-state index in [1.165, 1.54) is 13.2 Å². The molecule has 2 N–H and O–H groups in total. The van der Waals surface area contributed by atoms with Crippen LogP contribution in [0.5, 0.6) is 5.75 Å². The highest BCUT2D eigenvalue weighted by molar-refractivity contribution is 5.79. The van der Waals surface area contributed by atoms with Crippen molar-refractivity contribution in [1.29, 1.82) is 0 Å². The average Bonchev–Trinajstić information content (AvgIpc) is 2.90. The predicted octanol–water partition coefficient (Wildman–Crippen LogP) is 5.83. The van der Waals surface area contributed by atoms with Crippen molar-refractivity contribution in [3.8, 4) is 16.9 Å². The van der Waals surface area contributed by atoms with E-state index < -0.39 is 29.8 Å². The number of hydrogen-bond acceptors (Lipinski definition) is 5. The molecule has 1 aromatic heterocycles. The Kier molecular flexibility index (Phi) is 9.70. The van der Waals surface area contributed by atoms with Gasteiger partial charge in [0.05, 0.1) is 31.7 Å². The summed E-state index contributed by atoms with van der Waals surface area (Å²) in [5.41, 5.74) is 1.76. The van der Waals surface area contributed by atoms with Gasteiger partial charge < -0.3 is 20.1 Å². The third-order valence-electron chi connectivity index (χ3n) is 5.85. The smallest absolute Gasteiger partial charge is 0.416 e. The number of aromatic nitrogens is 1. The third kappa shape index (κ3) is 7.47. The summed E-state index contributed by atoms with van der Waals surface area (Å²) in [7, 11) is 1.45. The molecule has 1 atom stereocenters. The lowest BCUT2D eigenvalue weighted by Gasteiger charge is -2.24. The fraction of sp³-hybridized carbons (Fsp3) is 0.321. The van der Waals surface area contributed by atoms with Gasteiger partial charge in [-0.3, -0.25) is 9.78 Å². The van der Waals surface area contributed by atoms with Crippen molar-refractivity contribution >= 4 is 12.0 Å². The highest BCUT2D eigenvalue weighted by Crippen LogP contribution is 2.40. The quantitative estimate of drug-likeness (QED) is 0.323. The zero-order chi connectivity index (χ0) is 27.7. The number of nitrogens with one attached hydrogen (secondary N) is 2. The molecule has 0 saturated heterocycles. The molecule has 38 heavy (non-hydrogen) atoms. The summed E-state index contributed by atoms with van der Waals surface area (Å²) in [6.45, 7) is 3.91. The highest BCUT2D eigenvalue weighted by Gasteiger charge is 2.32. The molecular weight excluding hydrogens is 499 g/mol. The maximum Gasteiger partial charge on any atom is 0.416 e. The van der Waals surface area contributed by atoms with Gasteiger partial charge >= 0.3 is 18.2 Å². The molecule has 2 amide bonds. The minimum atomic E-state index is -4.58. The number of ether oxygens (including phenoxy) is 2. The van der Waals surface area contributed by atoms with Crippen LogP contribution in [0.25, 0.3) is 11.1 Å². The number of nitrogens with zero attached hydrogens (tertiary/aromatic N) is 1. The number of rotatable bonds is 10. The van der Waals surface area contributed by atoms with Gasteiger partial charge in [0.15, 0.2) is 0 Å². The SMILES string of the molecule is CCOC(=O)Cc1ccc(OC)c(-c2ccc(C(F)(F)F)cc2C(CC)NC(=O)NCc2cccnc2)c1. The lowest BCUT2D eigenvalue weighted by atomic mass is 9.90. The molecule has 7 nitrogen and oxygen atoms in total. The lowest BCUT2D eigenvalue weighted by molar-refractivity contribution is -0.142. The van der Waals surface area contributed by atoms with Crippen LogP contribution in [-0.2, 0) is 28.7 Å². The first-order valence-electron chi connectivity index (χ1n) is 12.1. The molecule has 0 bridgehead atoms. The van der Waals surface area contributed by atoms with E-state index in [1.54, 1.807) is 56.6 Å². The van der Waals surface area contributed by atoms with Crippen LogP contribution in [0.3, 0.4) is 0 Å². The second-order valence-corrected chi connectivity index (χ2v) is 8.47. The number of amides is 2. The number of methoxy groups -OCH3 is 1. The van der Waals surface area contributed by atoms with Gasteiger partial charge in [-0.2, -0.15) is 13.2 Å². The van der Waals surface area contributed by atoms with Crippen LogP contribution in [0.4, 0.5) is 18.0 Å². The number of benzene rings is 2. The Morgan fingerprint density at radius 1 is 1.03 bits per heavy atom. The second kappa shape index (κ2) is 12.9. The highest BCUT2D eigenvalue weighted by atomic mass is 19.4. The normalized spacial score (nSPS) is 11.9. The summed E-state index contributed by atoms with van der Waals surface area (Å²) in [6, 6.07) is 10.7. The average molecular weight is 530 g/mol. The van der Waals surface area contributed by atoms with E-state index in [0.717, 1.165) is 17.7 Å². The number of hydrogen-bond donors (Lipinski definition) is 2. The van der Waals surface area contributed by atoms with Gasteiger partial charge in [0.2, 0.25) is 0 Å². The van der Waals surface area contributed by atoms with E-state index in [4.69, 9.17) is 9.47 Å². The van der Waals surface area contributed by atoms with Crippen LogP contribution in [0.1, 0.15) is 48.6 Å². The van der Waals surface area contributed by atoms with Crippen molar-refractivity contribution in [2.75, 3.05) is 13.7 Å².